The van der Waals surface area contributed by atoms with Crippen molar-refractivity contribution in [1.29, 1.82) is 0 Å². The highest BCUT2D eigenvalue weighted by Crippen LogP contribution is 2.45. The van der Waals surface area contributed by atoms with E-state index in [4.69, 9.17) is 4.74 Å². The van der Waals surface area contributed by atoms with E-state index < -0.39 is 15.8 Å². The van der Waals surface area contributed by atoms with Crippen LogP contribution in [0.15, 0.2) is 53.4 Å². The molecule has 0 saturated carbocycles. The maximum atomic E-state index is 13.6. The van der Waals surface area contributed by atoms with Gasteiger partial charge in [-0.3, -0.25) is 0 Å². The summed E-state index contributed by atoms with van der Waals surface area (Å²) in [5, 5.41) is 0. The molecule has 2 atom stereocenters. The number of amides is 1. The number of sulfonamides is 1. The lowest BCUT2D eigenvalue weighted by Crippen LogP contribution is -2.57. The van der Waals surface area contributed by atoms with E-state index in [1.54, 1.807) is 4.31 Å². The molecule has 4 aliphatic heterocycles. The lowest BCUT2D eigenvalue weighted by atomic mass is 9.69. The predicted molar refractivity (Wildman–Crippen MR) is 149 cm³/mol. The Morgan fingerprint density at radius 1 is 1.00 bits per heavy atom. The third kappa shape index (κ3) is 5.07. The van der Waals surface area contributed by atoms with Crippen molar-refractivity contribution in [2.45, 2.75) is 80.4 Å². The molecular weight excluding hydrogens is 541 g/mol. The molecule has 0 aromatic heterocycles. The lowest BCUT2D eigenvalue weighted by Gasteiger charge is -2.51. The van der Waals surface area contributed by atoms with Crippen LogP contribution in [0.5, 0.6) is 0 Å². The van der Waals surface area contributed by atoms with Crippen LogP contribution in [0.25, 0.3) is 0 Å². The monoisotopic (exact) mass is 577 g/mol. The van der Waals surface area contributed by atoms with Gasteiger partial charge in [-0.25, -0.2) is 17.6 Å². The lowest BCUT2D eigenvalue weighted by molar-refractivity contribution is 0.0237. The molecule has 7 nitrogen and oxygen atoms in total. The van der Waals surface area contributed by atoms with Gasteiger partial charge in [0, 0.05) is 36.6 Å². The molecule has 0 aliphatic carbocycles. The van der Waals surface area contributed by atoms with Gasteiger partial charge in [0.15, 0.2) is 0 Å². The van der Waals surface area contributed by atoms with Gasteiger partial charge >= 0.3 is 6.09 Å². The molecule has 4 heterocycles. The van der Waals surface area contributed by atoms with E-state index in [1.807, 2.05) is 24.0 Å². The maximum Gasteiger partial charge on any atom is 0.410 e. The molecule has 1 amide bonds. The Balaban J connectivity index is 0.00000308. The van der Waals surface area contributed by atoms with Crippen molar-refractivity contribution in [3.8, 4) is 0 Å². The van der Waals surface area contributed by atoms with Gasteiger partial charge in [-0.2, -0.15) is 4.31 Å². The Morgan fingerprint density at radius 2 is 1.64 bits per heavy atom. The minimum Gasteiger partial charge on any atom is -0.450 e. The number of ether oxygens (including phenoxy) is 1. The van der Waals surface area contributed by atoms with Gasteiger partial charge in [-0.05, 0) is 93.9 Å². The topological polar surface area (TPSA) is 70.2 Å². The van der Waals surface area contributed by atoms with Crippen LogP contribution in [0.3, 0.4) is 0 Å². The summed E-state index contributed by atoms with van der Waals surface area (Å²) in [5.41, 5.74) is 2.07. The average Bonchev–Trinajstić information content (AvgIpc) is 3.19. The van der Waals surface area contributed by atoms with E-state index >= 15 is 0 Å². The van der Waals surface area contributed by atoms with Gasteiger partial charge in [-0.15, -0.1) is 12.4 Å². The highest BCUT2D eigenvalue weighted by Gasteiger charge is 2.49. The third-order valence-corrected chi connectivity index (χ3v) is 11.1. The van der Waals surface area contributed by atoms with Crippen LogP contribution < -0.4 is 0 Å². The van der Waals surface area contributed by atoms with Crippen LogP contribution in [0.2, 0.25) is 0 Å². The summed E-state index contributed by atoms with van der Waals surface area (Å²) in [7, 11) is -3.75. The molecule has 2 aromatic carbocycles. The second-order valence-corrected chi connectivity index (χ2v) is 13.3. The molecule has 212 valence electrons. The number of nitrogens with zero attached hydrogens (tertiary/aromatic N) is 3. The van der Waals surface area contributed by atoms with Gasteiger partial charge in [-0.1, -0.05) is 24.3 Å². The highest BCUT2D eigenvalue weighted by atomic mass is 35.5. The average molecular weight is 578 g/mol. The molecule has 3 fully saturated rings. The number of likely N-dealkylation sites (tertiary alicyclic amines) is 1. The fourth-order valence-electron chi connectivity index (χ4n) is 7.46. The molecule has 0 radical (unpaired) electrons. The smallest absolute Gasteiger partial charge is 0.410 e. The standard InChI is InChI=1S/C29H36FN3O4S.ClH/c1-2-37-28(34)33-23-9-10-24(33)18-25(17-23)31-15-13-29(14-16-31)20-32(19-21-5-3-4-6-27(21)29)38(35,36)26-11-7-22(30)8-12-26;/h3-8,11-12,23-25H,2,9-10,13-20H2,1H3;1H. The second-order valence-electron chi connectivity index (χ2n) is 11.3. The summed E-state index contributed by atoms with van der Waals surface area (Å²) in [4.78, 5) is 17.2. The first-order chi connectivity index (χ1) is 18.3. The molecule has 1 spiro atoms. The molecule has 6 rings (SSSR count). The van der Waals surface area contributed by atoms with Crippen LogP contribution in [0.4, 0.5) is 9.18 Å². The van der Waals surface area contributed by atoms with Crippen molar-refractivity contribution in [1.82, 2.24) is 14.1 Å². The van der Waals surface area contributed by atoms with Gasteiger partial charge in [0.05, 0.1) is 11.5 Å². The van der Waals surface area contributed by atoms with Gasteiger partial charge < -0.3 is 14.5 Å². The Bertz CT molecular complexity index is 1290. The number of hydrogen-bond donors (Lipinski definition) is 0. The van der Waals surface area contributed by atoms with Crippen LogP contribution in [-0.4, -0.2) is 73.0 Å². The molecule has 2 bridgehead atoms. The number of benzene rings is 2. The zero-order valence-corrected chi connectivity index (χ0v) is 23.9. The van der Waals surface area contributed by atoms with Crippen molar-refractivity contribution in [2.75, 3.05) is 26.2 Å². The predicted octanol–water partition coefficient (Wildman–Crippen LogP) is 4.94. The normalized spacial score (nSPS) is 26.6. The largest absolute Gasteiger partial charge is 0.450 e. The second kappa shape index (κ2) is 11.0. The number of fused-ring (bicyclic) bond motifs is 4. The first-order valence-corrected chi connectivity index (χ1v) is 15.3. The van der Waals surface area contributed by atoms with Gasteiger partial charge in [0.1, 0.15) is 5.82 Å². The van der Waals surface area contributed by atoms with Crippen LogP contribution in [-0.2, 0) is 26.7 Å². The molecule has 3 saturated heterocycles. The number of rotatable bonds is 4. The van der Waals surface area contributed by atoms with E-state index in [9.17, 15) is 17.6 Å². The number of halogens is 2. The third-order valence-electron chi connectivity index (χ3n) is 9.32. The Labute approximate surface area is 236 Å². The molecule has 4 aliphatic rings. The van der Waals surface area contributed by atoms with Crippen LogP contribution in [0.1, 0.15) is 56.6 Å². The maximum absolute atomic E-state index is 13.6. The molecule has 2 aromatic rings. The summed E-state index contributed by atoms with van der Waals surface area (Å²) in [5.74, 6) is -0.446. The quantitative estimate of drug-likeness (QED) is 0.515. The van der Waals surface area contributed by atoms with E-state index in [0.29, 0.717) is 25.7 Å². The van der Waals surface area contributed by atoms with E-state index in [2.05, 4.69) is 17.0 Å². The van der Waals surface area contributed by atoms with Crippen molar-refractivity contribution in [3.63, 3.8) is 0 Å². The fourth-order valence-corrected chi connectivity index (χ4v) is 8.96. The number of piperidine rings is 2. The molecular formula is C29H37ClFN3O4S. The Morgan fingerprint density at radius 3 is 2.28 bits per heavy atom. The minimum atomic E-state index is -3.75. The fraction of sp³-hybridized carbons (Fsp3) is 0.552. The van der Waals surface area contributed by atoms with Gasteiger partial charge in [0.2, 0.25) is 10.0 Å². The van der Waals surface area contributed by atoms with Crippen molar-refractivity contribution in [3.05, 3.63) is 65.5 Å². The van der Waals surface area contributed by atoms with Crippen molar-refractivity contribution < 1.29 is 22.3 Å². The van der Waals surface area contributed by atoms with Crippen LogP contribution in [0, 0.1) is 5.82 Å². The minimum absolute atomic E-state index is 0. The van der Waals surface area contributed by atoms with Crippen LogP contribution >= 0.6 is 12.4 Å². The molecule has 0 N–H and O–H groups in total. The van der Waals surface area contributed by atoms with Crippen molar-refractivity contribution >= 4 is 28.5 Å². The van der Waals surface area contributed by atoms with E-state index in [-0.39, 0.29) is 40.9 Å². The summed E-state index contributed by atoms with van der Waals surface area (Å²) in [6.07, 6.45) is 5.63. The summed E-state index contributed by atoms with van der Waals surface area (Å²) < 4.78 is 47.6. The zero-order valence-electron chi connectivity index (χ0n) is 22.3. The van der Waals surface area contributed by atoms with Crippen molar-refractivity contribution in [2.24, 2.45) is 0 Å². The Kier molecular flexibility index (Phi) is 7.99. The van der Waals surface area contributed by atoms with E-state index in [1.165, 1.54) is 29.8 Å². The molecule has 10 heteroatoms. The number of hydrogen-bond acceptors (Lipinski definition) is 5. The Hall–Kier alpha value is -2.20. The number of carbonyl (C=O) groups is 1. The van der Waals surface area contributed by atoms with Gasteiger partial charge in [0.25, 0.3) is 0 Å². The summed E-state index contributed by atoms with van der Waals surface area (Å²) in [6, 6.07) is 14.3. The molecule has 2 unspecified atom stereocenters. The zero-order chi connectivity index (χ0) is 26.5. The summed E-state index contributed by atoms with van der Waals surface area (Å²) in [6.45, 7) is 4.83. The molecule has 39 heavy (non-hydrogen) atoms. The summed E-state index contributed by atoms with van der Waals surface area (Å²) >= 11 is 0. The first kappa shape index (κ1) is 28.3. The number of carbonyl (C=O) groups excluding carboxylic acids is 1. The highest BCUT2D eigenvalue weighted by molar-refractivity contribution is 7.89. The SMILES string of the molecule is CCOC(=O)N1C2CCC1CC(N1CCC3(CC1)CN(S(=O)(=O)c1ccc(F)cc1)Cc1ccccc13)C2.Cl. The van der Waals surface area contributed by atoms with E-state index in [0.717, 1.165) is 57.2 Å². The first-order valence-electron chi connectivity index (χ1n) is 13.8.